The number of carbonyl (C=O) groups excluding carboxylic acids is 2. The molecule has 4 heteroatoms. The number of esters is 2. The third-order valence-electron chi connectivity index (χ3n) is 7.53. The summed E-state index contributed by atoms with van der Waals surface area (Å²) in [7, 11) is 0. The zero-order valence-corrected chi connectivity index (χ0v) is 25.8. The highest BCUT2D eigenvalue weighted by molar-refractivity contribution is 5.69. The van der Waals surface area contributed by atoms with Gasteiger partial charge in [-0.2, -0.15) is 0 Å². The van der Waals surface area contributed by atoms with E-state index in [-0.39, 0.29) is 11.9 Å². The molecule has 0 aliphatic carbocycles. The molecule has 0 aliphatic heterocycles. The Labute approximate surface area is 237 Å². The van der Waals surface area contributed by atoms with E-state index in [1.165, 1.54) is 128 Å². The van der Waals surface area contributed by atoms with E-state index in [1.54, 1.807) is 0 Å². The van der Waals surface area contributed by atoms with E-state index in [9.17, 15) is 9.59 Å². The lowest BCUT2D eigenvalue weighted by atomic mass is 10.0. The van der Waals surface area contributed by atoms with Gasteiger partial charge in [0.25, 0.3) is 0 Å². The van der Waals surface area contributed by atoms with Crippen LogP contribution in [0, 0.1) is 0 Å². The molecular weight excluding hydrogens is 472 g/mol. The maximum absolute atomic E-state index is 11.8. The third kappa shape index (κ3) is 31.2. The smallest absolute Gasteiger partial charge is 0.305 e. The number of unbranched alkanes of at least 4 members (excludes halogenated alkanes) is 23. The van der Waals surface area contributed by atoms with Gasteiger partial charge in [0.2, 0.25) is 0 Å². The number of hydrogen-bond acceptors (Lipinski definition) is 4. The molecule has 0 unspecified atom stereocenters. The third-order valence-corrected chi connectivity index (χ3v) is 7.53. The van der Waals surface area contributed by atoms with Crippen molar-refractivity contribution in [2.75, 3.05) is 13.2 Å². The SMILES string of the molecule is CCCCCCCCOC(=O)CCCCCCCCCCCCCCCCC(=O)OCCCCCCCC. The van der Waals surface area contributed by atoms with Crippen LogP contribution in [0.4, 0.5) is 0 Å². The Kier molecular flexibility index (Phi) is 31.3. The van der Waals surface area contributed by atoms with Crippen molar-refractivity contribution in [3.63, 3.8) is 0 Å². The van der Waals surface area contributed by atoms with Crippen LogP contribution in [0.3, 0.4) is 0 Å². The molecule has 0 amide bonds. The molecule has 0 spiro atoms. The van der Waals surface area contributed by atoms with E-state index in [4.69, 9.17) is 9.47 Å². The summed E-state index contributed by atoms with van der Waals surface area (Å²) in [4.78, 5) is 23.5. The fourth-order valence-electron chi connectivity index (χ4n) is 4.94. The quantitative estimate of drug-likeness (QED) is 0.0650. The topological polar surface area (TPSA) is 52.6 Å². The summed E-state index contributed by atoms with van der Waals surface area (Å²) < 4.78 is 10.7. The van der Waals surface area contributed by atoms with E-state index in [0.717, 1.165) is 38.5 Å². The number of carbonyl (C=O) groups is 2. The van der Waals surface area contributed by atoms with Gasteiger partial charge in [0.05, 0.1) is 13.2 Å². The van der Waals surface area contributed by atoms with Crippen LogP contribution in [0.2, 0.25) is 0 Å². The maximum Gasteiger partial charge on any atom is 0.305 e. The molecular formula is C34H66O4. The molecule has 0 radical (unpaired) electrons. The fraction of sp³-hybridized carbons (Fsp3) is 0.941. The standard InChI is InChI=1S/C34H66O4/c1-3-5-7-9-23-27-31-37-33(35)29-25-21-19-17-15-13-11-12-14-16-18-20-22-26-30-34(36)38-32-28-24-10-8-6-4-2/h3-32H2,1-2H3. The van der Waals surface area contributed by atoms with Crippen molar-refractivity contribution in [2.24, 2.45) is 0 Å². The number of rotatable bonds is 31. The van der Waals surface area contributed by atoms with E-state index < -0.39 is 0 Å². The van der Waals surface area contributed by atoms with Crippen molar-refractivity contribution < 1.29 is 19.1 Å². The van der Waals surface area contributed by atoms with Gasteiger partial charge < -0.3 is 9.47 Å². The highest BCUT2D eigenvalue weighted by atomic mass is 16.5. The molecule has 0 rings (SSSR count). The summed E-state index contributed by atoms with van der Waals surface area (Å²) in [6.07, 6.45) is 33.4. The first kappa shape index (κ1) is 36.9. The molecule has 0 saturated heterocycles. The first-order valence-corrected chi connectivity index (χ1v) is 17.0. The van der Waals surface area contributed by atoms with Crippen LogP contribution >= 0.6 is 0 Å². The maximum atomic E-state index is 11.8. The highest BCUT2D eigenvalue weighted by Crippen LogP contribution is 2.14. The van der Waals surface area contributed by atoms with Crippen molar-refractivity contribution in [3.05, 3.63) is 0 Å². The number of hydrogen-bond donors (Lipinski definition) is 0. The molecule has 0 bridgehead atoms. The van der Waals surface area contributed by atoms with Crippen LogP contribution in [-0.4, -0.2) is 25.2 Å². The molecule has 4 nitrogen and oxygen atoms in total. The van der Waals surface area contributed by atoms with Crippen molar-refractivity contribution in [1.29, 1.82) is 0 Å². The van der Waals surface area contributed by atoms with Crippen LogP contribution in [-0.2, 0) is 19.1 Å². The molecule has 38 heavy (non-hydrogen) atoms. The lowest BCUT2D eigenvalue weighted by molar-refractivity contribution is -0.144. The van der Waals surface area contributed by atoms with Crippen LogP contribution in [0.15, 0.2) is 0 Å². The average molecular weight is 539 g/mol. The Morgan fingerprint density at radius 2 is 0.579 bits per heavy atom. The average Bonchev–Trinajstić information content (AvgIpc) is 2.91. The van der Waals surface area contributed by atoms with Gasteiger partial charge in [-0.05, 0) is 25.7 Å². The van der Waals surface area contributed by atoms with Crippen LogP contribution in [0.1, 0.15) is 194 Å². The van der Waals surface area contributed by atoms with Crippen LogP contribution < -0.4 is 0 Å². The molecule has 0 atom stereocenters. The summed E-state index contributed by atoms with van der Waals surface area (Å²) in [5, 5.41) is 0. The molecule has 0 heterocycles. The lowest BCUT2D eigenvalue weighted by Crippen LogP contribution is -2.05. The molecule has 0 aromatic carbocycles. The predicted molar refractivity (Wildman–Crippen MR) is 163 cm³/mol. The Morgan fingerprint density at radius 3 is 0.868 bits per heavy atom. The molecule has 0 saturated carbocycles. The minimum Gasteiger partial charge on any atom is -0.466 e. The minimum atomic E-state index is -0.000124. The van der Waals surface area contributed by atoms with Crippen molar-refractivity contribution in [2.45, 2.75) is 194 Å². The summed E-state index contributed by atoms with van der Waals surface area (Å²) >= 11 is 0. The van der Waals surface area contributed by atoms with E-state index >= 15 is 0 Å². The van der Waals surface area contributed by atoms with Gasteiger partial charge >= 0.3 is 11.9 Å². The Balaban J connectivity index is 3.19. The van der Waals surface area contributed by atoms with Crippen molar-refractivity contribution in [3.8, 4) is 0 Å². The monoisotopic (exact) mass is 538 g/mol. The summed E-state index contributed by atoms with van der Waals surface area (Å²) in [6, 6.07) is 0. The zero-order valence-electron chi connectivity index (χ0n) is 25.8. The van der Waals surface area contributed by atoms with Crippen molar-refractivity contribution >= 4 is 11.9 Å². The predicted octanol–water partition coefficient (Wildman–Crippen LogP) is 11.0. The van der Waals surface area contributed by atoms with E-state index in [1.807, 2.05) is 0 Å². The van der Waals surface area contributed by atoms with Crippen LogP contribution in [0.25, 0.3) is 0 Å². The first-order valence-electron chi connectivity index (χ1n) is 17.0. The Hall–Kier alpha value is -1.06. The van der Waals surface area contributed by atoms with Gasteiger partial charge in [0.1, 0.15) is 0 Å². The second-order valence-electron chi connectivity index (χ2n) is 11.4. The van der Waals surface area contributed by atoms with Gasteiger partial charge in [0, 0.05) is 12.8 Å². The minimum absolute atomic E-state index is 0.000124. The van der Waals surface area contributed by atoms with Gasteiger partial charge in [-0.25, -0.2) is 0 Å². The second kappa shape index (κ2) is 32.2. The van der Waals surface area contributed by atoms with Gasteiger partial charge in [-0.15, -0.1) is 0 Å². The molecule has 0 aromatic heterocycles. The van der Waals surface area contributed by atoms with Crippen molar-refractivity contribution in [1.82, 2.24) is 0 Å². The molecule has 0 fully saturated rings. The lowest BCUT2D eigenvalue weighted by Gasteiger charge is -2.06. The zero-order chi connectivity index (χ0) is 27.8. The van der Waals surface area contributed by atoms with Gasteiger partial charge in [-0.3, -0.25) is 9.59 Å². The Morgan fingerprint density at radius 1 is 0.342 bits per heavy atom. The second-order valence-corrected chi connectivity index (χ2v) is 11.4. The van der Waals surface area contributed by atoms with E-state index in [2.05, 4.69) is 13.8 Å². The number of ether oxygens (including phenoxy) is 2. The highest BCUT2D eigenvalue weighted by Gasteiger charge is 2.04. The normalized spacial score (nSPS) is 11.1. The first-order chi connectivity index (χ1) is 18.7. The largest absolute Gasteiger partial charge is 0.466 e. The molecule has 0 N–H and O–H groups in total. The summed E-state index contributed by atoms with van der Waals surface area (Å²) in [5.41, 5.74) is 0. The molecule has 0 aromatic rings. The molecule has 0 aliphatic rings. The van der Waals surface area contributed by atoms with Crippen LogP contribution in [0.5, 0.6) is 0 Å². The Bertz CT molecular complexity index is 447. The van der Waals surface area contributed by atoms with Gasteiger partial charge in [-0.1, -0.05) is 155 Å². The van der Waals surface area contributed by atoms with Gasteiger partial charge in [0.15, 0.2) is 0 Å². The fourth-order valence-corrected chi connectivity index (χ4v) is 4.94. The summed E-state index contributed by atoms with van der Waals surface area (Å²) in [5.74, 6) is -0.000248. The van der Waals surface area contributed by atoms with E-state index in [0.29, 0.717) is 26.1 Å². The summed E-state index contributed by atoms with van der Waals surface area (Å²) in [6.45, 7) is 5.69. The molecule has 226 valence electrons.